The molecule has 20 heavy (non-hydrogen) atoms. The van der Waals surface area contributed by atoms with Gasteiger partial charge in [0.25, 0.3) is 0 Å². The van der Waals surface area contributed by atoms with Gasteiger partial charge in [0.2, 0.25) is 0 Å². The van der Waals surface area contributed by atoms with Crippen molar-refractivity contribution in [3.63, 3.8) is 0 Å². The Bertz CT molecular complexity index is 541. The molecule has 2 unspecified atom stereocenters. The Morgan fingerprint density at radius 3 is 2.50 bits per heavy atom. The largest absolute Gasteiger partial charge is 0.494 e. The van der Waals surface area contributed by atoms with Gasteiger partial charge in [0.05, 0.1) is 6.61 Å². The molecule has 3 rings (SSSR count). The van der Waals surface area contributed by atoms with Crippen LogP contribution < -0.4 is 15.6 Å². The van der Waals surface area contributed by atoms with Crippen LogP contribution >= 0.6 is 0 Å². The highest BCUT2D eigenvalue weighted by Gasteiger charge is 2.26. The highest BCUT2D eigenvalue weighted by atomic mass is 16.5. The van der Waals surface area contributed by atoms with E-state index in [1.165, 1.54) is 11.1 Å². The van der Waals surface area contributed by atoms with Crippen LogP contribution in [0.25, 0.3) is 0 Å². The first kappa shape index (κ1) is 13.1. The number of hydrazine groups is 1. The van der Waals surface area contributed by atoms with Gasteiger partial charge in [0.1, 0.15) is 5.75 Å². The molecule has 4 nitrogen and oxygen atoms in total. The average Bonchev–Trinajstić information content (AvgIpc) is 2.99. The van der Waals surface area contributed by atoms with E-state index in [1.54, 1.807) is 6.20 Å². The lowest BCUT2D eigenvalue weighted by Gasteiger charge is -2.11. The Balaban J connectivity index is 1.67. The molecule has 2 N–H and O–H groups in total. The average molecular weight is 269 g/mol. The van der Waals surface area contributed by atoms with Crippen molar-refractivity contribution < 1.29 is 4.74 Å². The Morgan fingerprint density at radius 2 is 1.85 bits per heavy atom. The van der Waals surface area contributed by atoms with Gasteiger partial charge in [-0.2, -0.15) is 0 Å². The summed E-state index contributed by atoms with van der Waals surface area (Å²) >= 11 is 0. The second-order valence-corrected chi connectivity index (χ2v) is 4.92. The van der Waals surface area contributed by atoms with Gasteiger partial charge >= 0.3 is 0 Å². The first-order valence-corrected chi connectivity index (χ1v) is 7.00. The van der Waals surface area contributed by atoms with Crippen molar-refractivity contribution in [3.05, 3.63) is 59.9 Å². The van der Waals surface area contributed by atoms with Gasteiger partial charge in [-0.3, -0.25) is 4.98 Å². The Labute approximate surface area is 119 Å². The molecule has 0 saturated carbocycles. The predicted octanol–water partition coefficient (Wildman–Crippen LogP) is 2.76. The van der Waals surface area contributed by atoms with Crippen LogP contribution in [0.15, 0.2) is 48.8 Å². The standard InChI is InChI=1S/C16H19N3O/c1-2-20-14-7-5-12(6-8-14)15-10-16(19-18-15)13-4-3-9-17-11-13/h3-9,11,15-16,18-19H,2,10H2,1H3. The maximum Gasteiger partial charge on any atom is 0.119 e. The molecule has 4 heteroatoms. The monoisotopic (exact) mass is 269 g/mol. The highest BCUT2D eigenvalue weighted by molar-refractivity contribution is 5.30. The SMILES string of the molecule is CCOc1ccc(C2CC(c3cccnc3)NN2)cc1. The minimum absolute atomic E-state index is 0.306. The van der Waals surface area contributed by atoms with Crippen LogP contribution in [-0.4, -0.2) is 11.6 Å². The summed E-state index contributed by atoms with van der Waals surface area (Å²) in [5, 5.41) is 0. The van der Waals surface area contributed by atoms with Gasteiger partial charge in [-0.25, -0.2) is 10.9 Å². The van der Waals surface area contributed by atoms with E-state index < -0.39 is 0 Å². The number of benzene rings is 1. The molecule has 1 aromatic carbocycles. The second kappa shape index (κ2) is 6.03. The van der Waals surface area contributed by atoms with Crippen molar-refractivity contribution in [2.75, 3.05) is 6.61 Å². The molecule has 104 valence electrons. The number of hydrogen-bond acceptors (Lipinski definition) is 4. The van der Waals surface area contributed by atoms with Gasteiger partial charge < -0.3 is 4.74 Å². The van der Waals surface area contributed by atoms with Crippen molar-refractivity contribution in [1.29, 1.82) is 0 Å². The Kier molecular flexibility index (Phi) is 3.95. The number of aromatic nitrogens is 1. The van der Waals surface area contributed by atoms with E-state index in [4.69, 9.17) is 4.74 Å². The first-order valence-electron chi connectivity index (χ1n) is 7.00. The Morgan fingerprint density at radius 1 is 1.10 bits per heavy atom. The van der Waals surface area contributed by atoms with Crippen LogP contribution in [0.1, 0.15) is 36.6 Å². The Hall–Kier alpha value is -1.91. The zero-order chi connectivity index (χ0) is 13.8. The van der Waals surface area contributed by atoms with Crippen molar-refractivity contribution in [3.8, 4) is 5.75 Å². The van der Waals surface area contributed by atoms with Crippen LogP contribution in [0.3, 0.4) is 0 Å². The number of hydrogen-bond donors (Lipinski definition) is 2. The summed E-state index contributed by atoms with van der Waals surface area (Å²) in [6.07, 6.45) is 4.73. The summed E-state index contributed by atoms with van der Waals surface area (Å²) in [5.74, 6) is 0.922. The zero-order valence-electron chi connectivity index (χ0n) is 11.5. The molecule has 1 aromatic heterocycles. The van der Waals surface area contributed by atoms with Gasteiger partial charge in [0.15, 0.2) is 0 Å². The van der Waals surface area contributed by atoms with E-state index in [0.29, 0.717) is 18.7 Å². The lowest BCUT2D eigenvalue weighted by Crippen LogP contribution is -2.26. The van der Waals surface area contributed by atoms with Gasteiger partial charge in [-0.15, -0.1) is 0 Å². The summed E-state index contributed by atoms with van der Waals surface area (Å²) in [6, 6.07) is 13.0. The second-order valence-electron chi connectivity index (χ2n) is 4.92. The smallest absolute Gasteiger partial charge is 0.119 e. The predicted molar refractivity (Wildman–Crippen MR) is 78.2 cm³/mol. The minimum Gasteiger partial charge on any atom is -0.494 e. The van der Waals surface area contributed by atoms with Crippen LogP contribution in [0, 0.1) is 0 Å². The van der Waals surface area contributed by atoms with E-state index in [0.717, 1.165) is 12.2 Å². The molecular formula is C16H19N3O. The molecule has 2 heterocycles. The van der Waals surface area contributed by atoms with E-state index in [2.05, 4.69) is 34.0 Å². The zero-order valence-corrected chi connectivity index (χ0v) is 11.5. The van der Waals surface area contributed by atoms with E-state index in [9.17, 15) is 0 Å². The fourth-order valence-electron chi connectivity index (χ4n) is 2.54. The molecule has 0 amide bonds. The lowest BCUT2D eigenvalue weighted by molar-refractivity contribution is 0.340. The normalized spacial score (nSPS) is 21.9. The minimum atomic E-state index is 0.306. The summed E-state index contributed by atoms with van der Waals surface area (Å²) in [6.45, 7) is 2.69. The number of nitrogens with zero attached hydrogens (tertiary/aromatic N) is 1. The molecule has 2 aromatic rings. The summed E-state index contributed by atoms with van der Waals surface area (Å²) in [7, 11) is 0. The third-order valence-corrected chi connectivity index (χ3v) is 3.58. The van der Waals surface area contributed by atoms with Gasteiger partial charge in [0, 0.05) is 24.5 Å². The third kappa shape index (κ3) is 2.81. The van der Waals surface area contributed by atoms with E-state index in [1.807, 2.05) is 31.3 Å². The topological polar surface area (TPSA) is 46.2 Å². The molecule has 0 radical (unpaired) electrons. The molecule has 0 bridgehead atoms. The van der Waals surface area contributed by atoms with Crippen LogP contribution in [0.2, 0.25) is 0 Å². The summed E-state index contributed by atoms with van der Waals surface area (Å²) in [4.78, 5) is 4.17. The third-order valence-electron chi connectivity index (χ3n) is 3.58. The molecular weight excluding hydrogens is 250 g/mol. The number of ether oxygens (including phenoxy) is 1. The highest BCUT2D eigenvalue weighted by Crippen LogP contribution is 2.30. The van der Waals surface area contributed by atoms with Crippen molar-refractivity contribution in [2.45, 2.75) is 25.4 Å². The molecule has 1 saturated heterocycles. The summed E-state index contributed by atoms with van der Waals surface area (Å²) in [5.41, 5.74) is 9.18. The maximum atomic E-state index is 5.47. The van der Waals surface area contributed by atoms with Crippen LogP contribution in [-0.2, 0) is 0 Å². The lowest BCUT2D eigenvalue weighted by atomic mass is 9.99. The first-order chi connectivity index (χ1) is 9.86. The van der Waals surface area contributed by atoms with Gasteiger partial charge in [-0.1, -0.05) is 18.2 Å². The van der Waals surface area contributed by atoms with Crippen molar-refractivity contribution in [1.82, 2.24) is 15.8 Å². The molecule has 0 spiro atoms. The molecule has 2 atom stereocenters. The van der Waals surface area contributed by atoms with Crippen molar-refractivity contribution >= 4 is 0 Å². The van der Waals surface area contributed by atoms with E-state index in [-0.39, 0.29) is 0 Å². The van der Waals surface area contributed by atoms with E-state index >= 15 is 0 Å². The fraction of sp³-hybridized carbons (Fsp3) is 0.312. The molecule has 1 fully saturated rings. The molecule has 1 aliphatic heterocycles. The molecule has 0 aliphatic carbocycles. The van der Waals surface area contributed by atoms with Crippen molar-refractivity contribution in [2.24, 2.45) is 0 Å². The van der Waals surface area contributed by atoms with Gasteiger partial charge in [-0.05, 0) is 42.7 Å². The maximum absolute atomic E-state index is 5.47. The fourth-order valence-corrected chi connectivity index (χ4v) is 2.54. The molecule has 1 aliphatic rings. The number of pyridine rings is 1. The van der Waals surface area contributed by atoms with Crippen LogP contribution in [0.4, 0.5) is 0 Å². The number of rotatable bonds is 4. The number of nitrogens with one attached hydrogen (secondary N) is 2. The van der Waals surface area contributed by atoms with Crippen LogP contribution in [0.5, 0.6) is 5.75 Å². The summed E-state index contributed by atoms with van der Waals surface area (Å²) < 4.78 is 5.47. The quantitative estimate of drug-likeness (QED) is 0.896.